The first-order valence-corrected chi connectivity index (χ1v) is 8.23. The van der Waals surface area contributed by atoms with Crippen molar-refractivity contribution >= 4 is 13.8 Å². The molecule has 0 rings (SSSR count). The largest absolute Gasteiger partial charge is 2.00 e. The molecule has 0 spiro atoms. The van der Waals surface area contributed by atoms with Crippen LogP contribution in [-0.2, 0) is 28.8 Å². The minimum Gasteiger partial charge on any atom is -0.790 e. The van der Waals surface area contributed by atoms with E-state index in [1.807, 2.05) is 0 Å². The van der Waals surface area contributed by atoms with Crippen molar-refractivity contribution in [3.8, 4) is 0 Å². The van der Waals surface area contributed by atoms with Crippen molar-refractivity contribution in [2.24, 2.45) is 0 Å². The van der Waals surface area contributed by atoms with Crippen molar-refractivity contribution in [2.45, 2.75) is 71.1 Å². The van der Waals surface area contributed by atoms with Crippen LogP contribution in [0.1, 0.15) is 71.1 Å². The second kappa shape index (κ2) is 17.3. The molecule has 8 heteroatoms. The Bertz CT molecular complexity index is 248. The normalized spacial score (nSPS) is 10.2. The van der Waals surface area contributed by atoms with E-state index < -0.39 is 13.8 Å². The molecule has 0 aromatic rings. The van der Waals surface area contributed by atoms with E-state index in [9.17, 15) is 4.79 Å². The van der Waals surface area contributed by atoms with Gasteiger partial charge in [-0.05, 0) is 6.42 Å². The van der Waals surface area contributed by atoms with E-state index in [4.69, 9.17) is 24.4 Å². The molecule has 20 heavy (non-hydrogen) atoms. The minimum absolute atomic E-state index is 0. The van der Waals surface area contributed by atoms with E-state index in [1.54, 1.807) is 0 Å². The summed E-state index contributed by atoms with van der Waals surface area (Å²) in [7, 11) is -5.14. The molecular weight excluding hydrogens is 336 g/mol. The summed E-state index contributed by atoms with van der Waals surface area (Å²) in [6.45, 7) is 2.23. The molecule has 0 aromatic carbocycles. The first kappa shape index (κ1) is 25.2. The van der Waals surface area contributed by atoms with Crippen molar-refractivity contribution in [2.75, 3.05) is 0 Å². The molecule has 0 aromatic heterocycles. The van der Waals surface area contributed by atoms with Crippen LogP contribution in [0.15, 0.2) is 0 Å². The smallest absolute Gasteiger partial charge is 0.790 e. The molecule has 0 heterocycles. The number of rotatable bonds is 10. The maximum atomic E-state index is 10.2. The molecular formula is C12H25O6PZn. The van der Waals surface area contributed by atoms with Gasteiger partial charge < -0.3 is 24.4 Å². The Labute approximate surface area is 134 Å². The van der Waals surface area contributed by atoms with Crippen molar-refractivity contribution in [1.29, 1.82) is 0 Å². The fourth-order valence-corrected chi connectivity index (χ4v) is 1.59. The average molecular weight is 362 g/mol. The Morgan fingerprint density at radius 1 is 0.950 bits per heavy atom. The summed E-state index contributed by atoms with van der Waals surface area (Å²) in [6, 6.07) is 0. The van der Waals surface area contributed by atoms with Crippen LogP contribution in [0.25, 0.3) is 0 Å². The van der Waals surface area contributed by atoms with Crippen molar-refractivity contribution in [3.63, 3.8) is 0 Å². The summed E-state index contributed by atoms with van der Waals surface area (Å²) in [5, 5.41) is 8.41. The fourth-order valence-electron chi connectivity index (χ4n) is 1.59. The van der Waals surface area contributed by atoms with Crippen molar-refractivity contribution in [1.82, 2.24) is 0 Å². The molecule has 0 fully saturated rings. The predicted octanol–water partition coefficient (Wildman–Crippen LogP) is 1.80. The van der Waals surface area contributed by atoms with Gasteiger partial charge in [-0.1, -0.05) is 58.3 Å². The monoisotopic (exact) mass is 360 g/mol. The van der Waals surface area contributed by atoms with Gasteiger partial charge >= 0.3 is 25.4 Å². The summed E-state index contributed by atoms with van der Waals surface area (Å²) in [6.07, 6.45) is 11.5. The maximum Gasteiger partial charge on any atom is 2.00 e. The number of aliphatic carboxylic acids is 1. The molecule has 6 nitrogen and oxygen atoms in total. The summed E-state index contributed by atoms with van der Waals surface area (Å²) < 4.78 is 8.66. The molecule has 0 aliphatic carbocycles. The van der Waals surface area contributed by atoms with Gasteiger partial charge in [-0.25, -0.2) is 0 Å². The van der Waals surface area contributed by atoms with Crippen LogP contribution < -0.4 is 9.79 Å². The Kier molecular flexibility index (Phi) is 21.7. The molecule has 0 bridgehead atoms. The minimum atomic E-state index is -5.14. The molecule has 0 amide bonds. The van der Waals surface area contributed by atoms with Gasteiger partial charge in [-0.15, -0.1) is 0 Å². The summed E-state index contributed by atoms with van der Waals surface area (Å²) >= 11 is 0. The Balaban J connectivity index is -0.000000414. The SMILES string of the molecule is CCCCCCCCCCCC(=O)O.O=P([O-])([O-])O.[Zn+2]. The van der Waals surface area contributed by atoms with Crippen LogP contribution in [0.4, 0.5) is 0 Å². The zero-order valence-electron chi connectivity index (χ0n) is 12.3. The van der Waals surface area contributed by atoms with Crippen LogP contribution in [0.3, 0.4) is 0 Å². The molecule has 0 aliphatic heterocycles. The van der Waals surface area contributed by atoms with Crippen LogP contribution >= 0.6 is 7.82 Å². The molecule has 0 saturated carbocycles. The number of hydrogen-bond acceptors (Lipinski definition) is 4. The summed E-state index contributed by atoms with van der Waals surface area (Å²) in [4.78, 5) is 34.5. The van der Waals surface area contributed by atoms with Crippen molar-refractivity contribution in [3.05, 3.63) is 0 Å². The van der Waals surface area contributed by atoms with Gasteiger partial charge in [0.25, 0.3) is 0 Å². The zero-order valence-corrected chi connectivity index (χ0v) is 16.1. The molecule has 2 N–H and O–H groups in total. The molecule has 116 valence electrons. The molecule has 0 unspecified atom stereocenters. The molecule has 0 atom stereocenters. The second-order valence-corrected chi connectivity index (χ2v) is 5.38. The maximum absolute atomic E-state index is 10.2. The van der Waals surface area contributed by atoms with Crippen molar-refractivity contribution < 1.29 is 48.6 Å². The van der Waals surface area contributed by atoms with Gasteiger partial charge in [0.2, 0.25) is 0 Å². The van der Waals surface area contributed by atoms with E-state index in [1.165, 1.54) is 44.9 Å². The van der Waals surface area contributed by atoms with Crippen LogP contribution in [0, 0.1) is 0 Å². The number of carboxylic acid groups (broad SMARTS) is 1. The quantitative estimate of drug-likeness (QED) is 0.347. The number of hydrogen-bond donors (Lipinski definition) is 2. The Morgan fingerprint density at radius 3 is 1.55 bits per heavy atom. The van der Waals surface area contributed by atoms with E-state index in [0.717, 1.165) is 12.8 Å². The molecule has 0 aliphatic rings. The molecule has 0 radical (unpaired) electrons. The third kappa shape index (κ3) is 42.9. The van der Waals surface area contributed by atoms with E-state index in [0.29, 0.717) is 6.42 Å². The number of carbonyl (C=O) groups is 1. The van der Waals surface area contributed by atoms with Crippen LogP contribution in [-0.4, -0.2) is 16.0 Å². The van der Waals surface area contributed by atoms with Crippen LogP contribution in [0.2, 0.25) is 0 Å². The van der Waals surface area contributed by atoms with Gasteiger partial charge in [0.05, 0.1) is 7.82 Å². The first-order chi connectivity index (χ1) is 8.77. The third-order valence-electron chi connectivity index (χ3n) is 2.49. The van der Waals surface area contributed by atoms with Gasteiger partial charge in [-0.3, -0.25) is 4.79 Å². The third-order valence-corrected chi connectivity index (χ3v) is 2.49. The zero-order chi connectivity index (χ0) is 15.1. The van der Waals surface area contributed by atoms with E-state index in [2.05, 4.69) is 6.92 Å². The van der Waals surface area contributed by atoms with Gasteiger partial charge in [0.15, 0.2) is 0 Å². The topological polar surface area (TPSA) is 121 Å². The Morgan fingerprint density at radius 2 is 1.25 bits per heavy atom. The number of carboxylic acids is 1. The summed E-state index contributed by atoms with van der Waals surface area (Å²) in [5.74, 6) is -0.659. The van der Waals surface area contributed by atoms with Crippen LogP contribution in [0.5, 0.6) is 0 Å². The van der Waals surface area contributed by atoms with Gasteiger partial charge in [0, 0.05) is 6.42 Å². The van der Waals surface area contributed by atoms with E-state index >= 15 is 0 Å². The predicted molar refractivity (Wildman–Crippen MR) is 69.3 cm³/mol. The fraction of sp³-hybridized carbons (Fsp3) is 0.917. The first-order valence-electron chi connectivity index (χ1n) is 6.74. The molecule has 0 saturated heterocycles. The van der Waals surface area contributed by atoms with E-state index in [-0.39, 0.29) is 19.5 Å². The van der Waals surface area contributed by atoms with Gasteiger partial charge in [0.1, 0.15) is 0 Å². The number of phosphoric acid groups is 1. The second-order valence-electron chi connectivity index (χ2n) is 4.44. The average Bonchev–Trinajstić information content (AvgIpc) is 2.24. The standard InChI is InChI=1S/C12H24O2.H3O4P.Zn/c1-2-3-4-5-6-7-8-9-10-11-12(13)14;1-5(2,3)4;/h2-11H2,1H3,(H,13,14);(H3,1,2,3,4);/q;;+2/p-2. The number of unbranched alkanes of at least 4 members (excludes halogenated alkanes) is 8. The Hall–Kier alpha value is 0.203. The summed E-state index contributed by atoms with van der Waals surface area (Å²) in [5.41, 5.74) is 0. The van der Waals surface area contributed by atoms with Gasteiger partial charge in [-0.2, -0.15) is 0 Å².